The van der Waals surface area contributed by atoms with Crippen LogP contribution in [0.1, 0.15) is 23.7 Å². The second kappa shape index (κ2) is 7.41. The minimum absolute atomic E-state index is 0.188. The second-order valence-electron chi connectivity index (χ2n) is 7.08. The first kappa shape index (κ1) is 19.1. The lowest BCUT2D eigenvalue weighted by molar-refractivity contribution is -0.114. The van der Waals surface area contributed by atoms with Crippen LogP contribution >= 0.6 is 11.3 Å². The van der Waals surface area contributed by atoms with Crippen molar-refractivity contribution in [3.8, 4) is 33.6 Å². The molecule has 0 spiro atoms. The summed E-state index contributed by atoms with van der Waals surface area (Å²) in [7, 11) is 0. The van der Waals surface area contributed by atoms with Gasteiger partial charge in [0.1, 0.15) is 11.5 Å². The van der Waals surface area contributed by atoms with Crippen LogP contribution in [0.25, 0.3) is 27.5 Å². The van der Waals surface area contributed by atoms with Crippen molar-refractivity contribution in [2.45, 2.75) is 19.8 Å². The monoisotopic (exact) mass is 430 g/mol. The quantitative estimate of drug-likeness (QED) is 0.527. The summed E-state index contributed by atoms with van der Waals surface area (Å²) in [6.45, 7) is 1.43. The summed E-state index contributed by atoms with van der Waals surface area (Å²) in [5, 5.41) is 17.3. The van der Waals surface area contributed by atoms with Gasteiger partial charge in [-0.05, 0) is 43.2 Å². The van der Waals surface area contributed by atoms with Gasteiger partial charge in [-0.25, -0.2) is 14.1 Å². The third-order valence-electron chi connectivity index (χ3n) is 5.03. The maximum absolute atomic E-state index is 14.9. The van der Waals surface area contributed by atoms with Crippen molar-refractivity contribution in [2.24, 2.45) is 0 Å². The number of carbonyl (C=O) groups is 1. The minimum Gasteiger partial charge on any atom is -0.302 e. The molecule has 152 valence electrons. The number of aromatic nitrogens is 4. The summed E-state index contributed by atoms with van der Waals surface area (Å²) in [4.78, 5) is 21.1. The molecule has 0 unspecified atom stereocenters. The van der Waals surface area contributed by atoms with Gasteiger partial charge in [0, 0.05) is 30.4 Å². The molecule has 0 atom stereocenters. The first-order valence-electron chi connectivity index (χ1n) is 9.55. The van der Waals surface area contributed by atoms with E-state index in [0.717, 1.165) is 27.4 Å². The van der Waals surface area contributed by atoms with Gasteiger partial charge >= 0.3 is 0 Å². The SMILES string of the molecule is CC(=O)Nc1nc2c(s1)-c1c(c(-c3cccnc3)nn1-c1cc(C#N)ccc1F)CC2. The van der Waals surface area contributed by atoms with Gasteiger partial charge in [0.05, 0.1) is 33.6 Å². The lowest BCUT2D eigenvalue weighted by Gasteiger charge is -2.14. The molecule has 1 aliphatic carbocycles. The number of rotatable bonds is 3. The van der Waals surface area contributed by atoms with Crippen LogP contribution in [0.5, 0.6) is 0 Å². The number of nitriles is 1. The largest absolute Gasteiger partial charge is 0.302 e. The fraction of sp³-hybridized carbons (Fsp3) is 0.136. The van der Waals surface area contributed by atoms with E-state index in [2.05, 4.69) is 21.4 Å². The predicted molar refractivity (Wildman–Crippen MR) is 114 cm³/mol. The highest BCUT2D eigenvalue weighted by Crippen LogP contribution is 2.44. The molecule has 0 saturated carbocycles. The van der Waals surface area contributed by atoms with Crippen molar-refractivity contribution >= 4 is 22.4 Å². The van der Waals surface area contributed by atoms with Crippen LogP contribution in [0.2, 0.25) is 0 Å². The number of fused-ring (bicyclic) bond motifs is 3. The Morgan fingerprint density at radius 3 is 2.94 bits per heavy atom. The highest BCUT2D eigenvalue weighted by atomic mass is 32.1. The van der Waals surface area contributed by atoms with Crippen LogP contribution in [-0.2, 0) is 17.6 Å². The van der Waals surface area contributed by atoms with Crippen molar-refractivity contribution in [1.29, 1.82) is 5.26 Å². The Balaban J connectivity index is 1.78. The van der Waals surface area contributed by atoms with E-state index in [1.807, 2.05) is 12.1 Å². The van der Waals surface area contributed by atoms with E-state index in [0.29, 0.717) is 29.2 Å². The lowest BCUT2D eigenvalue weighted by Crippen LogP contribution is -2.07. The molecule has 5 rings (SSSR count). The number of hydrogen-bond donors (Lipinski definition) is 1. The maximum atomic E-state index is 14.9. The summed E-state index contributed by atoms with van der Waals surface area (Å²) in [6.07, 6.45) is 4.75. The van der Waals surface area contributed by atoms with Crippen molar-refractivity contribution in [3.63, 3.8) is 0 Å². The number of amides is 1. The molecule has 1 aliphatic rings. The van der Waals surface area contributed by atoms with Crippen molar-refractivity contribution in [1.82, 2.24) is 19.7 Å². The van der Waals surface area contributed by atoms with Crippen molar-refractivity contribution in [2.75, 3.05) is 5.32 Å². The number of nitrogens with one attached hydrogen (secondary N) is 1. The van der Waals surface area contributed by atoms with Gasteiger partial charge in [-0.3, -0.25) is 9.78 Å². The molecule has 31 heavy (non-hydrogen) atoms. The normalized spacial score (nSPS) is 12.0. The van der Waals surface area contributed by atoms with E-state index in [4.69, 9.17) is 5.10 Å². The van der Waals surface area contributed by atoms with Gasteiger partial charge < -0.3 is 5.32 Å². The fourth-order valence-electron chi connectivity index (χ4n) is 3.73. The zero-order valence-corrected chi connectivity index (χ0v) is 17.2. The Kier molecular flexibility index (Phi) is 4.56. The Morgan fingerprint density at radius 2 is 2.19 bits per heavy atom. The van der Waals surface area contributed by atoms with Crippen molar-refractivity contribution in [3.05, 3.63) is 65.4 Å². The number of halogens is 1. The number of anilines is 1. The number of pyridine rings is 1. The Hall–Kier alpha value is -3.90. The first-order valence-corrected chi connectivity index (χ1v) is 10.4. The molecule has 4 aromatic rings. The number of hydrogen-bond acceptors (Lipinski definition) is 6. The highest BCUT2D eigenvalue weighted by molar-refractivity contribution is 7.19. The third-order valence-corrected chi connectivity index (χ3v) is 6.05. The first-order chi connectivity index (χ1) is 15.0. The smallest absolute Gasteiger partial charge is 0.223 e. The van der Waals surface area contributed by atoms with Crippen LogP contribution in [0, 0.1) is 17.1 Å². The maximum Gasteiger partial charge on any atom is 0.223 e. The molecule has 1 amide bonds. The summed E-state index contributed by atoms with van der Waals surface area (Å²) < 4.78 is 16.4. The van der Waals surface area contributed by atoms with Gasteiger partial charge in [-0.2, -0.15) is 10.4 Å². The standard InChI is InChI=1S/C22H15FN6OS/c1-12(30)26-22-27-17-7-5-15-19(14-3-2-8-25-11-14)28-29(20(15)21(17)31-22)18-9-13(10-24)4-6-16(18)23/h2-4,6,8-9,11H,5,7H2,1H3,(H,26,27,30). The Labute approximate surface area is 180 Å². The topological polar surface area (TPSA) is 96.5 Å². The molecule has 9 heteroatoms. The van der Waals surface area contributed by atoms with E-state index in [1.54, 1.807) is 17.1 Å². The molecule has 0 radical (unpaired) electrons. The third kappa shape index (κ3) is 3.27. The number of aryl methyl sites for hydroxylation is 1. The molecular formula is C22H15FN6OS. The molecule has 1 aromatic carbocycles. The number of carbonyl (C=O) groups excluding carboxylic acids is 1. The lowest BCUT2D eigenvalue weighted by atomic mass is 9.95. The summed E-state index contributed by atoms with van der Waals surface area (Å²) in [5.41, 5.74) is 4.57. The molecule has 0 fully saturated rings. The molecule has 0 saturated heterocycles. The predicted octanol–water partition coefficient (Wildman–Crippen LogP) is 4.13. The molecule has 0 aliphatic heterocycles. The summed E-state index contributed by atoms with van der Waals surface area (Å²) in [5.74, 6) is -0.690. The van der Waals surface area contributed by atoms with E-state index >= 15 is 0 Å². The second-order valence-corrected chi connectivity index (χ2v) is 8.08. The zero-order valence-electron chi connectivity index (χ0n) is 16.4. The average molecular weight is 430 g/mol. The Morgan fingerprint density at radius 1 is 1.32 bits per heavy atom. The van der Waals surface area contributed by atoms with E-state index in [1.165, 1.54) is 36.5 Å². The fourth-order valence-corrected chi connectivity index (χ4v) is 4.84. The van der Waals surface area contributed by atoms with E-state index in [-0.39, 0.29) is 11.6 Å². The van der Waals surface area contributed by atoms with Gasteiger partial charge in [-0.15, -0.1) is 0 Å². The average Bonchev–Trinajstić information content (AvgIpc) is 3.35. The van der Waals surface area contributed by atoms with Crippen LogP contribution in [0.15, 0.2) is 42.7 Å². The van der Waals surface area contributed by atoms with Crippen LogP contribution in [0.4, 0.5) is 9.52 Å². The van der Waals surface area contributed by atoms with Gasteiger partial charge in [0.2, 0.25) is 5.91 Å². The van der Waals surface area contributed by atoms with Crippen molar-refractivity contribution < 1.29 is 9.18 Å². The molecular weight excluding hydrogens is 415 g/mol. The number of nitrogens with zero attached hydrogens (tertiary/aromatic N) is 5. The van der Waals surface area contributed by atoms with Gasteiger partial charge in [0.15, 0.2) is 5.13 Å². The summed E-state index contributed by atoms with van der Waals surface area (Å²) in [6, 6.07) is 9.98. The molecule has 3 aromatic heterocycles. The molecule has 7 nitrogen and oxygen atoms in total. The molecule has 3 heterocycles. The molecule has 1 N–H and O–H groups in total. The van der Waals surface area contributed by atoms with E-state index < -0.39 is 5.82 Å². The molecule has 0 bridgehead atoms. The highest BCUT2D eigenvalue weighted by Gasteiger charge is 2.30. The minimum atomic E-state index is -0.485. The van der Waals surface area contributed by atoms with Gasteiger partial charge in [0.25, 0.3) is 0 Å². The summed E-state index contributed by atoms with van der Waals surface area (Å²) >= 11 is 1.33. The number of thiazole rings is 1. The Bertz CT molecular complexity index is 1370. The number of benzene rings is 1. The van der Waals surface area contributed by atoms with Crippen LogP contribution < -0.4 is 5.32 Å². The van der Waals surface area contributed by atoms with Crippen LogP contribution in [0.3, 0.4) is 0 Å². The van der Waals surface area contributed by atoms with Gasteiger partial charge in [-0.1, -0.05) is 11.3 Å². The van der Waals surface area contributed by atoms with E-state index in [9.17, 15) is 14.4 Å². The zero-order chi connectivity index (χ0) is 21.5. The van der Waals surface area contributed by atoms with Crippen LogP contribution in [-0.4, -0.2) is 25.7 Å².